The minimum absolute atomic E-state index is 0.194. The average Bonchev–Trinajstić information content (AvgIpc) is 2.16. The fourth-order valence-electron chi connectivity index (χ4n) is 1.44. The fourth-order valence-corrected chi connectivity index (χ4v) is 2.15. The van der Waals surface area contributed by atoms with Gasteiger partial charge in [-0.05, 0) is 5.25 Å². The number of aliphatic hydroxyl groups excluding tert-OH is 1. The predicted octanol–water partition coefficient (Wildman–Crippen LogP) is 0.821. The number of nitrogens with zero attached hydrogens (tertiary/aromatic N) is 1. The Bertz CT molecular complexity index is 149. The lowest BCUT2D eigenvalue weighted by atomic mass is 10.3. The Morgan fingerprint density at radius 3 is 2.57 bits per heavy atom. The zero-order valence-electron chi connectivity index (χ0n) is 9.11. The van der Waals surface area contributed by atoms with Crippen LogP contribution in [0, 0.1) is 0 Å². The molecule has 1 heterocycles. The first-order valence-corrected chi connectivity index (χ1v) is 6.33. The van der Waals surface area contributed by atoms with Crippen molar-refractivity contribution in [2.45, 2.75) is 25.2 Å². The van der Waals surface area contributed by atoms with Gasteiger partial charge in [0.05, 0.1) is 19.3 Å². The van der Waals surface area contributed by atoms with Gasteiger partial charge in [0.15, 0.2) is 0 Å². The van der Waals surface area contributed by atoms with Crippen LogP contribution in [0.15, 0.2) is 0 Å². The normalized spacial score (nSPS) is 21.4. The van der Waals surface area contributed by atoms with Crippen molar-refractivity contribution in [3.05, 3.63) is 0 Å². The van der Waals surface area contributed by atoms with Crippen molar-refractivity contribution >= 4 is 11.8 Å². The summed E-state index contributed by atoms with van der Waals surface area (Å²) in [6.45, 7) is 8.65. The first-order chi connectivity index (χ1) is 6.68. The highest BCUT2D eigenvalue weighted by Crippen LogP contribution is 2.11. The molecule has 1 aliphatic heterocycles. The molecule has 1 fully saturated rings. The molecule has 1 atom stereocenters. The Hall–Kier alpha value is 0.230. The minimum Gasteiger partial charge on any atom is -0.391 e. The zero-order chi connectivity index (χ0) is 10.4. The quantitative estimate of drug-likeness (QED) is 0.742. The van der Waals surface area contributed by atoms with Crippen molar-refractivity contribution in [3.63, 3.8) is 0 Å². The molecule has 0 saturated carbocycles. The van der Waals surface area contributed by atoms with E-state index in [1.54, 1.807) is 0 Å². The molecule has 1 N–H and O–H groups in total. The van der Waals surface area contributed by atoms with E-state index in [1.807, 2.05) is 11.8 Å². The van der Waals surface area contributed by atoms with E-state index in [-0.39, 0.29) is 6.10 Å². The smallest absolute Gasteiger partial charge is 0.0757 e. The van der Waals surface area contributed by atoms with E-state index in [9.17, 15) is 5.11 Å². The van der Waals surface area contributed by atoms with Gasteiger partial charge in [-0.25, -0.2) is 0 Å². The highest BCUT2D eigenvalue weighted by molar-refractivity contribution is 7.99. The van der Waals surface area contributed by atoms with Gasteiger partial charge in [-0.3, -0.25) is 4.90 Å². The van der Waals surface area contributed by atoms with E-state index in [1.165, 1.54) is 0 Å². The molecule has 0 aromatic heterocycles. The lowest BCUT2D eigenvalue weighted by molar-refractivity contribution is 0.0188. The third-order valence-electron chi connectivity index (χ3n) is 2.19. The molecular formula is C10H21NO2S. The SMILES string of the molecule is CC(C)SCC(O)CN1CCOCC1. The average molecular weight is 219 g/mol. The number of hydrogen-bond acceptors (Lipinski definition) is 4. The molecule has 1 saturated heterocycles. The number of rotatable bonds is 5. The Balaban J connectivity index is 2.09. The molecule has 1 rings (SSSR count). The van der Waals surface area contributed by atoms with Crippen LogP contribution in [0.25, 0.3) is 0 Å². The summed E-state index contributed by atoms with van der Waals surface area (Å²) in [5.74, 6) is 0.842. The van der Waals surface area contributed by atoms with Crippen LogP contribution < -0.4 is 0 Å². The Labute approximate surface area is 90.8 Å². The second-order valence-electron chi connectivity index (χ2n) is 3.95. The van der Waals surface area contributed by atoms with E-state index in [0.29, 0.717) is 5.25 Å². The van der Waals surface area contributed by atoms with Crippen molar-refractivity contribution in [1.29, 1.82) is 0 Å². The van der Waals surface area contributed by atoms with E-state index in [0.717, 1.165) is 38.6 Å². The maximum Gasteiger partial charge on any atom is 0.0757 e. The molecular weight excluding hydrogens is 198 g/mol. The molecule has 1 aliphatic rings. The van der Waals surface area contributed by atoms with Crippen molar-refractivity contribution in [3.8, 4) is 0 Å². The topological polar surface area (TPSA) is 32.7 Å². The van der Waals surface area contributed by atoms with Crippen molar-refractivity contribution in [2.75, 3.05) is 38.6 Å². The molecule has 1 unspecified atom stereocenters. The number of thioether (sulfide) groups is 1. The Morgan fingerprint density at radius 1 is 1.36 bits per heavy atom. The van der Waals surface area contributed by atoms with Gasteiger partial charge in [0.1, 0.15) is 0 Å². The monoisotopic (exact) mass is 219 g/mol. The zero-order valence-corrected chi connectivity index (χ0v) is 9.92. The van der Waals surface area contributed by atoms with E-state index < -0.39 is 0 Å². The summed E-state index contributed by atoms with van der Waals surface area (Å²) in [6.07, 6.45) is -0.194. The van der Waals surface area contributed by atoms with Crippen LogP contribution >= 0.6 is 11.8 Å². The second-order valence-corrected chi connectivity index (χ2v) is 5.56. The van der Waals surface area contributed by atoms with Crippen LogP contribution in [0.2, 0.25) is 0 Å². The van der Waals surface area contributed by atoms with Crippen molar-refractivity contribution < 1.29 is 9.84 Å². The van der Waals surface area contributed by atoms with Gasteiger partial charge in [-0.1, -0.05) is 13.8 Å². The second kappa shape index (κ2) is 6.67. The van der Waals surface area contributed by atoms with E-state index >= 15 is 0 Å². The molecule has 0 aromatic rings. The standard InChI is InChI=1S/C10H21NO2S/c1-9(2)14-8-10(12)7-11-3-5-13-6-4-11/h9-10,12H,3-8H2,1-2H3. The molecule has 84 valence electrons. The number of aliphatic hydroxyl groups is 1. The first kappa shape index (κ1) is 12.3. The molecule has 0 aromatic carbocycles. The van der Waals surface area contributed by atoms with Crippen LogP contribution in [0.5, 0.6) is 0 Å². The van der Waals surface area contributed by atoms with Crippen LogP contribution in [-0.4, -0.2) is 60.0 Å². The summed E-state index contributed by atoms with van der Waals surface area (Å²) >= 11 is 1.82. The highest BCUT2D eigenvalue weighted by Gasteiger charge is 2.14. The van der Waals surface area contributed by atoms with Crippen LogP contribution in [0.1, 0.15) is 13.8 Å². The van der Waals surface area contributed by atoms with Crippen LogP contribution in [0.3, 0.4) is 0 Å². The molecule has 0 spiro atoms. The van der Waals surface area contributed by atoms with Gasteiger partial charge in [0.25, 0.3) is 0 Å². The summed E-state index contributed by atoms with van der Waals surface area (Å²) in [4.78, 5) is 2.27. The maximum atomic E-state index is 9.75. The van der Waals surface area contributed by atoms with Gasteiger partial charge >= 0.3 is 0 Å². The molecule has 0 aliphatic carbocycles. The van der Waals surface area contributed by atoms with E-state index in [2.05, 4.69) is 18.7 Å². The molecule has 3 nitrogen and oxygen atoms in total. The first-order valence-electron chi connectivity index (χ1n) is 5.28. The summed E-state index contributed by atoms with van der Waals surface area (Å²) in [7, 11) is 0. The molecule has 0 bridgehead atoms. The fraction of sp³-hybridized carbons (Fsp3) is 1.00. The van der Waals surface area contributed by atoms with Gasteiger partial charge in [0.2, 0.25) is 0 Å². The summed E-state index contributed by atoms with van der Waals surface area (Å²) < 4.78 is 5.25. The third-order valence-corrected chi connectivity index (χ3v) is 3.44. The molecule has 4 heteroatoms. The summed E-state index contributed by atoms with van der Waals surface area (Å²) in [5, 5.41) is 10.4. The lowest BCUT2D eigenvalue weighted by Crippen LogP contribution is -2.41. The van der Waals surface area contributed by atoms with Gasteiger partial charge < -0.3 is 9.84 Å². The van der Waals surface area contributed by atoms with Crippen LogP contribution in [0.4, 0.5) is 0 Å². The van der Waals surface area contributed by atoms with E-state index in [4.69, 9.17) is 4.74 Å². The Kier molecular flexibility index (Phi) is 5.86. The molecule has 14 heavy (non-hydrogen) atoms. The summed E-state index contributed by atoms with van der Waals surface area (Å²) in [5.41, 5.74) is 0. The largest absolute Gasteiger partial charge is 0.391 e. The number of ether oxygens (including phenoxy) is 1. The molecule has 0 amide bonds. The van der Waals surface area contributed by atoms with Gasteiger partial charge in [-0.15, -0.1) is 0 Å². The highest BCUT2D eigenvalue weighted by atomic mass is 32.2. The third kappa shape index (κ3) is 5.20. The van der Waals surface area contributed by atoms with Gasteiger partial charge in [-0.2, -0.15) is 11.8 Å². The van der Waals surface area contributed by atoms with Crippen molar-refractivity contribution in [1.82, 2.24) is 4.90 Å². The van der Waals surface area contributed by atoms with Crippen LogP contribution in [-0.2, 0) is 4.74 Å². The molecule has 0 radical (unpaired) electrons. The number of morpholine rings is 1. The lowest BCUT2D eigenvalue weighted by Gasteiger charge is -2.28. The predicted molar refractivity (Wildman–Crippen MR) is 60.9 cm³/mol. The number of β-amino-alcohol motifs (C(OH)–C–C–N with tert-alkyl or cyclic N) is 1. The van der Waals surface area contributed by atoms with Gasteiger partial charge in [0, 0.05) is 25.4 Å². The number of hydrogen-bond donors (Lipinski definition) is 1. The Morgan fingerprint density at radius 2 is 2.00 bits per heavy atom. The maximum absolute atomic E-state index is 9.75. The summed E-state index contributed by atoms with van der Waals surface area (Å²) in [6, 6.07) is 0. The minimum atomic E-state index is -0.194. The van der Waals surface area contributed by atoms with Crippen molar-refractivity contribution in [2.24, 2.45) is 0 Å².